The second-order valence-electron chi connectivity index (χ2n) is 5.20. The highest BCUT2D eigenvalue weighted by Crippen LogP contribution is 2.44. The maximum absolute atomic E-state index is 6.01. The lowest BCUT2D eigenvalue weighted by Crippen LogP contribution is -2.02. The predicted molar refractivity (Wildman–Crippen MR) is 89.1 cm³/mol. The topological polar surface area (TPSA) is 96.3 Å². The van der Waals surface area contributed by atoms with Gasteiger partial charge in [-0.3, -0.25) is 0 Å². The molecule has 0 fully saturated rings. The lowest BCUT2D eigenvalue weighted by atomic mass is 10.1. The van der Waals surface area contributed by atoms with Gasteiger partial charge in [0.15, 0.2) is 11.5 Å². The number of ether oxygens (including phenoxy) is 2. The van der Waals surface area contributed by atoms with Crippen molar-refractivity contribution < 1.29 is 9.47 Å². The third-order valence-electron chi connectivity index (χ3n) is 3.67. The van der Waals surface area contributed by atoms with Crippen LogP contribution >= 0.6 is 11.6 Å². The molecule has 7 heteroatoms. The minimum atomic E-state index is 0.127. The quantitative estimate of drug-likeness (QED) is 0.750. The molecular formula is C16H13ClN4O2. The van der Waals surface area contributed by atoms with Gasteiger partial charge in [0.2, 0.25) is 5.95 Å². The van der Waals surface area contributed by atoms with E-state index in [9.17, 15) is 0 Å². The van der Waals surface area contributed by atoms with Gasteiger partial charge in [0.25, 0.3) is 0 Å². The number of rotatable bonds is 2. The third kappa shape index (κ3) is 2.37. The molecule has 0 saturated heterocycles. The van der Waals surface area contributed by atoms with E-state index in [0.717, 1.165) is 17.4 Å². The van der Waals surface area contributed by atoms with E-state index >= 15 is 0 Å². The van der Waals surface area contributed by atoms with Gasteiger partial charge in [0.05, 0.1) is 12.1 Å². The smallest absolute Gasteiger partial charge is 0.222 e. The average molecular weight is 329 g/mol. The second-order valence-corrected chi connectivity index (χ2v) is 5.64. The number of hydrogen-bond acceptors (Lipinski definition) is 6. The second kappa shape index (κ2) is 5.17. The summed E-state index contributed by atoms with van der Waals surface area (Å²) in [5, 5.41) is 1.36. The number of aromatic nitrogens is 2. The van der Waals surface area contributed by atoms with E-state index in [1.54, 1.807) is 18.2 Å². The fourth-order valence-electron chi connectivity index (χ4n) is 2.77. The number of hydrogen-bond donors (Lipinski definition) is 2. The normalized spacial score (nSPS) is 12.9. The van der Waals surface area contributed by atoms with E-state index < -0.39 is 0 Å². The zero-order chi connectivity index (χ0) is 16.0. The molecule has 0 aliphatic carbocycles. The largest absolute Gasteiger partial charge is 0.489 e. The van der Waals surface area contributed by atoms with E-state index in [4.69, 9.17) is 32.5 Å². The lowest BCUT2D eigenvalue weighted by Gasteiger charge is -2.13. The summed E-state index contributed by atoms with van der Waals surface area (Å²) in [6.45, 7) is 0.560. The number of nitrogens with two attached hydrogens (primary N) is 2. The molecule has 2 aromatic carbocycles. The monoisotopic (exact) mass is 328 g/mol. The number of fused-ring (bicyclic) bond motifs is 3. The molecule has 3 aromatic rings. The van der Waals surface area contributed by atoms with Crippen LogP contribution in [0.4, 0.5) is 11.8 Å². The zero-order valence-electron chi connectivity index (χ0n) is 12.0. The Labute approximate surface area is 137 Å². The maximum atomic E-state index is 6.01. The van der Waals surface area contributed by atoms with E-state index in [2.05, 4.69) is 9.97 Å². The molecule has 0 spiro atoms. The van der Waals surface area contributed by atoms with E-state index in [0.29, 0.717) is 40.2 Å². The van der Waals surface area contributed by atoms with Gasteiger partial charge in [-0.2, -0.15) is 4.98 Å². The van der Waals surface area contributed by atoms with E-state index in [-0.39, 0.29) is 5.95 Å². The van der Waals surface area contributed by atoms with Crippen molar-refractivity contribution in [2.75, 3.05) is 18.1 Å². The van der Waals surface area contributed by atoms with Gasteiger partial charge in [-0.1, -0.05) is 17.7 Å². The molecule has 116 valence electrons. The molecule has 0 atom stereocenters. The highest BCUT2D eigenvalue weighted by Gasteiger charge is 2.24. The van der Waals surface area contributed by atoms with Gasteiger partial charge in [0.1, 0.15) is 11.6 Å². The fourth-order valence-corrected chi connectivity index (χ4v) is 2.95. The predicted octanol–water partition coefficient (Wildman–Crippen LogP) is 3.17. The van der Waals surface area contributed by atoms with Crippen LogP contribution in [0.25, 0.3) is 10.9 Å². The summed E-state index contributed by atoms with van der Waals surface area (Å²) in [5.74, 6) is 2.32. The Morgan fingerprint density at radius 1 is 1.17 bits per heavy atom. The SMILES string of the molecule is Nc1nc(N)c2c3c(c(Oc4cccc(Cl)c4)cc2n1)OCC3. The summed E-state index contributed by atoms with van der Waals surface area (Å²) in [6.07, 6.45) is 0.718. The summed E-state index contributed by atoms with van der Waals surface area (Å²) in [5.41, 5.74) is 13.3. The molecule has 1 aliphatic heterocycles. The average Bonchev–Trinajstić information content (AvgIpc) is 2.96. The molecule has 1 aromatic heterocycles. The van der Waals surface area contributed by atoms with Crippen molar-refractivity contribution in [1.29, 1.82) is 0 Å². The Kier molecular flexibility index (Phi) is 3.12. The Hall–Kier alpha value is -2.73. The van der Waals surface area contributed by atoms with Crippen LogP contribution in [0.15, 0.2) is 30.3 Å². The first kappa shape index (κ1) is 13.9. The lowest BCUT2D eigenvalue weighted by molar-refractivity contribution is 0.338. The molecule has 0 radical (unpaired) electrons. The van der Waals surface area contributed by atoms with Crippen LogP contribution < -0.4 is 20.9 Å². The molecular weight excluding hydrogens is 316 g/mol. The van der Waals surface area contributed by atoms with Gasteiger partial charge in [-0.25, -0.2) is 4.98 Å². The van der Waals surface area contributed by atoms with Crippen LogP contribution in [0, 0.1) is 0 Å². The molecule has 0 saturated carbocycles. The van der Waals surface area contributed by atoms with Gasteiger partial charge < -0.3 is 20.9 Å². The first-order valence-corrected chi connectivity index (χ1v) is 7.44. The Balaban J connectivity index is 1.90. The molecule has 0 unspecified atom stereocenters. The molecule has 0 amide bonds. The molecule has 1 aliphatic rings. The van der Waals surface area contributed by atoms with Gasteiger partial charge in [0, 0.05) is 28.5 Å². The number of nitrogens with zero attached hydrogens (tertiary/aromatic N) is 2. The van der Waals surface area contributed by atoms with Gasteiger partial charge in [-0.15, -0.1) is 0 Å². The van der Waals surface area contributed by atoms with Crippen molar-refractivity contribution in [3.05, 3.63) is 40.9 Å². The highest BCUT2D eigenvalue weighted by atomic mass is 35.5. The third-order valence-corrected chi connectivity index (χ3v) is 3.91. The number of halogens is 1. The summed E-state index contributed by atoms with van der Waals surface area (Å²) in [6, 6.07) is 8.91. The van der Waals surface area contributed by atoms with E-state index in [1.165, 1.54) is 0 Å². The van der Waals surface area contributed by atoms with Gasteiger partial charge >= 0.3 is 0 Å². The first-order valence-electron chi connectivity index (χ1n) is 7.06. The van der Waals surface area contributed by atoms with Crippen LogP contribution in [0.2, 0.25) is 5.02 Å². The molecule has 0 bridgehead atoms. The highest BCUT2D eigenvalue weighted by molar-refractivity contribution is 6.30. The number of benzene rings is 2. The first-order chi connectivity index (χ1) is 11.1. The van der Waals surface area contributed by atoms with Crippen LogP contribution in [-0.4, -0.2) is 16.6 Å². The standard InChI is InChI=1S/C16H13ClN4O2/c17-8-2-1-3-9(6-8)23-12-7-11-13(10-4-5-22-14(10)12)15(18)21-16(19)20-11/h1-3,6-7H,4-5H2,(H4,18,19,20,21). The summed E-state index contributed by atoms with van der Waals surface area (Å²) >= 11 is 6.00. The Bertz CT molecular complexity index is 930. The molecule has 23 heavy (non-hydrogen) atoms. The fraction of sp³-hybridized carbons (Fsp3) is 0.125. The Morgan fingerprint density at radius 2 is 2.04 bits per heavy atom. The summed E-state index contributed by atoms with van der Waals surface area (Å²) in [4.78, 5) is 8.29. The molecule has 4 N–H and O–H groups in total. The summed E-state index contributed by atoms with van der Waals surface area (Å²) < 4.78 is 11.7. The van der Waals surface area contributed by atoms with E-state index in [1.807, 2.05) is 12.1 Å². The number of anilines is 2. The van der Waals surface area contributed by atoms with Crippen LogP contribution in [-0.2, 0) is 6.42 Å². The molecule has 2 heterocycles. The molecule has 6 nitrogen and oxygen atoms in total. The van der Waals surface area contributed by atoms with Crippen molar-refractivity contribution >= 4 is 34.3 Å². The van der Waals surface area contributed by atoms with Crippen molar-refractivity contribution in [2.45, 2.75) is 6.42 Å². The molecule has 4 rings (SSSR count). The number of nitrogen functional groups attached to an aromatic ring is 2. The van der Waals surface area contributed by atoms with Crippen LogP contribution in [0.3, 0.4) is 0 Å². The van der Waals surface area contributed by atoms with Crippen molar-refractivity contribution in [1.82, 2.24) is 9.97 Å². The minimum absolute atomic E-state index is 0.127. The summed E-state index contributed by atoms with van der Waals surface area (Å²) in [7, 11) is 0. The minimum Gasteiger partial charge on any atom is -0.489 e. The van der Waals surface area contributed by atoms with Gasteiger partial charge in [-0.05, 0) is 18.2 Å². The van der Waals surface area contributed by atoms with Crippen molar-refractivity contribution in [3.8, 4) is 17.2 Å². The van der Waals surface area contributed by atoms with Crippen molar-refractivity contribution in [2.24, 2.45) is 0 Å². The Morgan fingerprint density at radius 3 is 2.87 bits per heavy atom. The van der Waals surface area contributed by atoms with Crippen LogP contribution in [0.1, 0.15) is 5.56 Å². The zero-order valence-corrected chi connectivity index (χ0v) is 12.8. The van der Waals surface area contributed by atoms with Crippen LogP contribution in [0.5, 0.6) is 17.2 Å². The van der Waals surface area contributed by atoms with Crippen molar-refractivity contribution in [3.63, 3.8) is 0 Å². The maximum Gasteiger partial charge on any atom is 0.222 e.